The lowest BCUT2D eigenvalue weighted by molar-refractivity contribution is 0.408. The SMILES string of the molecule is COc1ccc(C)cc1C(C)Nc1ccc(I)cc1. The maximum Gasteiger partial charge on any atom is 0.124 e. The molecular weight excluding hydrogens is 349 g/mol. The Bertz CT molecular complexity index is 551. The van der Waals surface area contributed by atoms with E-state index in [4.69, 9.17) is 4.74 Å². The van der Waals surface area contributed by atoms with Gasteiger partial charge in [-0.2, -0.15) is 0 Å². The molecule has 2 nitrogen and oxygen atoms in total. The van der Waals surface area contributed by atoms with Crippen molar-refractivity contribution in [1.82, 2.24) is 0 Å². The maximum absolute atomic E-state index is 5.44. The van der Waals surface area contributed by atoms with Crippen molar-refractivity contribution in [2.24, 2.45) is 0 Å². The highest BCUT2D eigenvalue weighted by molar-refractivity contribution is 14.1. The lowest BCUT2D eigenvalue weighted by Crippen LogP contribution is -2.08. The van der Waals surface area contributed by atoms with E-state index in [0.29, 0.717) is 0 Å². The van der Waals surface area contributed by atoms with Crippen LogP contribution in [0.15, 0.2) is 42.5 Å². The average Bonchev–Trinajstić information content (AvgIpc) is 2.41. The van der Waals surface area contributed by atoms with Gasteiger partial charge in [-0.15, -0.1) is 0 Å². The van der Waals surface area contributed by atoms with Crippen LogP contribution in [0.5, 0.6) is 5.75 Å². The van der Waals surface area contributed by atoms with Crippen LogP contribution >= 0.6 is 22.6 Å². The minimum Gasteiger partial charge on any atom is -0.496 e. The highest BCUT2D eigenvalue weighted by Crippen LogP contribution is 2.28. The average molecular weight is 367 g/mol. The van der Waals surface area contributed by atoms with E-state index in [2.05, 4.69) is 78.2 Å². The molecule has 0 spiro atoms. The Balaban J connectivity index is 2.21. The first-order valence-corrected chi connectivity index (χ1v) is 7.34. The van der Waals surface area contributed by atoms with Crippen LogP contribution in [0, 0.1) is 10.5 Å². The quantitative estimate of drug-likeness (QED) is 0.786. The molecule has 0 bridgehead atoms. The number of halogens is 1. The van der Waals surface area contributed by atoms with E-state index in [1.807, 2.05) is 6.07 Å². The van der Waals surface area contributed by atoms with Crippen LogP contribution in [0.3, 0.4) is 0 Å². The number of ether oxygens (including phenoxy) is 1. The Morgan fingerprint density at radius 2 is 1.79 bits per heavy atom. The van der Waals surface area contributed by atoms with Gasteiger partial charge in [0.1, 0.15) is 5.75 Å². The summed E-state index contributed by atoms with van der Waals surface area (Å²) in [4.78, 5) is 0. The first kappa shape index (κ1) is 14.2. The molecule has 1 N–H and O–H groups in total. The predicted molar refractivity (Wildman–Crippen MR) is 88.9 cm³/mol. The van der Waals surface area contributed by atoms with Gasteiger partial charge in [-0.3, -0.25) is 0 Å². The molecule has 2 aromatic rings. The molecule has 0 saturated heterocycles. The van der Waals surface area contributed by atoms with Gasteiger partial charge < -0.3 is 10.1 Å². The second-order valence-electron chi connectivity index (χ2n) is 4.62. The first-order valence-electron chi connectivity index (χ1n) is 6.27. The molecule has 0 heterocycles. The van der Waals surface area contributed by atoms with Crippen LogP contribution < -0.4 is 10.1 Å². The van der Waals surface area contributed by atoms with Gasteiger partial charge in [-0.25, -0.2) is 0 Å². The van der Waals surface area contributed by atoms with Crippen molar-refractivity contribution in [2.45, 2.75) is 19.9 Å². The van der Waals surface area contributed by atoms with Gasteiger partial charge in [0.2, 0.25) is 0 Å². The van der Waals surface area contributed by atoms with E-state index in [1.54, 1.807) is 7.11 Å². The van der Waals surface area contributed by atoms with Gasteiger partial charge >= 0.3 is 0 Å². The van der Waals surface area contributed by atoms with E-state index in [-0.39, 0.29) is 6.04 Å². The summed E-state index contributed by atoms with van der Waals surface area (Å²) < 4.78 is 6.68. The minimum atomic E-state index is 0.204. The van der Waals surface area contributed by atoms with Gasteiger partial charge in [-0.1, -0.05) is 17.7 Å². The van der Waals surface area contributed by atoms with E-state index < -0.39 is 0 Å². The van der Waals surface area contributed by atoms with Crippen LogP contribution in [-0.2, 0) is 0 Å². The van der Waals surface area contributed by atoms with Crippen molar-refractivity contribution in [1.29, 1.82) is 0 Å². The molecule has 2 aromatic carbocycles. The number of hydrogen-bond acceptors (Lipinski definition) is 2. The highest BCUT2D eigenvalue weighted by atomic mass is 127. The molecular formula is C16H18INO. The van der Waals surface area contributed by atoms with Crippen LogP contribution in [0.2, 0.25) is 0 Å². The van der Waals surface area contributed by atoms with E-state index in [9.17, 15) is 0 Å². The molecule has 3 heteroatoms. The molecule has 19 heavy (non-hydrogen) atoms. The van der Waals surface area contributed by atoms with Crippen LogP contribution in [0.1, 0.15) is 24.1 Å². The number of anilines is 1. The van der Waals surface area contributed by atoms with Gasteiger partial charge in [0.25, 0.3) is 0 Å². The molecule has 0 saturated carbocycles. The Hall–Kier alpha value is -1.23. The smallest absolute Gasteiger partial charge is 0.124 e. The monoisotopic (exact) mass is 367 g/mol. The molecule has 0 aromatic heterocycles. The third kappa shape index (κ3) is 3.62. The molecule has 0 amide bonds. The van der Waals surface area contributed by atoms with Crippen LogP contribution in [0.4, 0.5) is 5.69 Å². The molecule has 1 unspecified atom stereocenters. The summed E-state index contributed by atoms with van der Waals surface area (Å²) in [5.74, 6) is 0.927. The summed E-state index contributed by atoms with van der Waals surface area (Å²) in [6.07, 6.45) is 0. The van der Waals surface area contributed by atoms with Crippen molar-refractivity contribution in [3.63, 3.8) is 0 Å². The fourth-order valence-electron chi connectivity index (χ4n) is 2.07. The van der Waals surface area contributed by atoms with Crippen LogP contribution in [0.25, 0.3) is 0 Å². The summed E-state index contributed by atoms with van der Waals surface area (Å²) in [7, 11) is 1.71. The van der Waals surface area contributed by atoms with Crippen molar-refractivity contribution >= 4 is 28.3 Å². The third-order valence-electron chi connectivity index (χ3n) is 3.08. The topological polar surface area (TPSA) is 21.3 Å². The normalized spacial score (nSPS) is 12.0. The zero-order valence-electron chi connectivity index (χ0n) is 11.4. The Labute approximate surface area is 128 Å². The lowest BCUT2D eigenvalue weighted by Gasteiger charge is -2.19. The highest BCUT2D eigenvalue weighted by Gasteiger charge is 2.11. The summed E-state index contributed by atoms with van der Waals surface area (Å²) in [5.41, 5.74) is 3.55. The van der Waals surface area contributed by atoms with Crippen molar-refractivity contribution in [3.8, 4) is 5.75 Å². The van der Waals surface area contributed by atoms with E-state index in [0.717, 1.165) is 11.4 Å². The minimum absolute atomic E-state index is 0.204. The number of aryl methyl sites for hydroxylation is 1. The van der Waals surface area contributed by atoms with Gasteiger partial charge in [-0.05, 0) is 66.8 Å². The second-order valence-corrected chi connectivity index (χ2v) is 5.86. The second kappa shape index (κ2) is 6.28. The standard InChI is InChI=1S/C16H18INO/c1-11-4-9-16(19-3)15(10-11)12(2)18-14-7-5-13(17)6-8-14/h4-10,12,18H,1-3H3. The van der Waals surface area contributed by atoms with Gasteiger partial charge in [0, 0.05) is 14.8 Å². The molecule has 2 rings (SSSR count). The largest absolute Gasteiger partial charge is 0.496 e. The van der Waals surface area contributed by atoms with Gasteiger partial charge in [0.15, 0.2) is 0 Å². The molecule has 0 fully saturated rings. The Morgan fingerprint density at radius 1 is 1.11 bits per heavy atom. The van der Waals surface area contributed by atoms with Crippen molar-refractivity contribution < 1.29 is 4.74 Å². The summed E-state index contributed by atoms with van der Waals surface area (Å²) in [5, 5.41) is 3.50. The molecule has 0 radical (unpaired) electrons. The Morgan fingerprint density at radius 3 is 2.42 bits per heavy atom. The molecule has 0 aliphatic heterocycles. The van der Waals surface area contributed by atoms with Crippen LogP contribution in [-0.4, -0.2) is 7.11 Å². The molecule has 0 aliphatic rings. The van der Waals surface area contributed by atoms with Crippen molar-refractivity contribution in [2.75, 3.05) is 12.4 Å². The fraction of sp³-hybridized carbons (Fsp3) is 0.250. The first-order chi connectivity index (χ1) is 9.10. The lowest BCUT2D eigenvalue weighted by atomic mass is 10.0. The fourth-order valence-corrected chi connectivity index (χ4v) is 2.43. The molecule has 100 valence electrons. The summed E-state index contributed by atoms with van der Waals surface area (Å²) in [6.45, 7) is 4.25. The molecule has 0 aliphatic carbocycles. The van der Waals surface area contributed by atoms with Crippen molar-refractivity contribution in [3.05, 3.63) is 57.2 Å². The summed E-state index contributed by atoms with van der Waals surface area (Å²) in [6, 6.07) is 14.9. The number of rotatable bonds is 4. The predicted octanol–water partition coefficient (Wildman–Crippen LogP) is 4.78. The maximum atomic E-state index is 5.44. The van der Waals surface area contributed by atoms with E-state index >= 15 is 0 Å². The zero-order valence-corrected chi connectivity index (χ0v) is 13.6. The number of hydrogen-bond donors (Lipinski definition) is 1. The zero-order chi connectivity index (χ0) is 13.8. The number of benzene rings is 2. The molecule has 1 atom stereocenters. The third-order valence-corrected chi connectivity index (χ3v) is 3.80. The number of nitrogens with one attached hydrogen (secondary N) is 1. The Kier molecular flexibility index (Phi) is 4.69. The van der Waals surface area contributed by atoms with E-state index in [1.165, 1.54) is 14.7 Å². The van der Waals surface area contributed by atoms with Gasteiger partial charge in [0.05, 0.1) is 13.2 Å². The number of methoxy groups -OCH3 is 1. The summed E-state index contributed by atoms with van der Waals surface area (Å²) >= 11 is 2.31.